The van der Waals surface area contributed by atoms with Crippen molar-refractivity contribution in [3.63, 3.8) is 0 Å². The lowest BCUT2D eigenvalue weighted by Crippen LogP contribution is -2.35. The molecule has 5 heteroatoms. The minimum absolute atomic E-state index is 0.285. The fourth-order valence-electron chi connectivity index (χ4n) is 4.68. The van der Waals surface area contributed by atoms with Gasteiger partial charge in [0.05, 0.1) is 23.4 Å². The summed E-state index contributed by atoms with van der Waals surface area (Å²) in [5.41, 5.74) is 4.58. The van der Waals surface area contributed by atoms with Gasteiger partial charge in [0.2, 0.25) is 0 Å². The highest BCUT2D eigenvalue weighted by Crippen LogP contribution is 2.55. The highest BCUT2D eigenvalue weighted by Gasteiger charge is 2.51. The third kappa shape index (κ3) is 2.31. The van der Waals surface area contributed by atoms with Gasteiger partial charge in [0.1, 0.15) is 23.5 Å². The number of aliphatic imine (C=N–C) groups is 1. The van der Waals surface area contributed by atoms with Crippen LogP contribution < -0.4 is 9.47 Å². The maximum atomic E-state index is 6.21. The van der Waals surface area contributed by atoms with E-state index in [0.717, 1.165) is 54.0 Å². The van der Waals surface area contributed by atoms with Crippen LogP contribution in [-0.2, 0) is 16.6 Å². The third-order valence-corrected chi connectivity index (χ3v) is 7.33. The van der Waals surface area contributed by atoms with Crippen LogP contribution in [0, 0.1) is 0 Å². The van der Waals surface area contributed by atoms with Crippen LogP contribution in [0.5, 0.6) is 11.5 Å². The van der Waals surface area contributed by atoms with Gasteiger partial charge in [-0.05, 0) is 36.1 Å². The molecule has 2 atom stereocenters. The molecular formula is C22H21NO3S. The van der Waals surface area contributed by atoms with E-state index in [1.807, 2.05) is 11.8 Å². The van der Waals surface area contributed by atoms with Crippen molar-refractivity contribution in [1.82, 2.24) is 0 Å². The van der Waals surface area contributed by atoms with Crippen molar-refractivity contribution in [2.75, 3.05) is 25.6 Å². The molecule has 1 spiro atoms. The lowest BCUT2D eigenvalue weighted by molar-refractivity contribution is 0.129. The first-order valence-corrected chi connectivity index (χ1v) is 10.7. The predicted octanol–water partition coefficient (Wildman–Crippen LogP) is 4.26. The molecule has 1 saturated heterocycles. The van der Waals surface area contributed by atoms with Gasteiger partial charge in [-0.1, -0.05) is 18.2 Å². The molecule has 0 aromatic heterocycles. The van der Waals surface area contributed by atoms with E-state index in [1.54, 1.807) is 0 Å². The number of rotatable bonds is 2. The average molecular weight is 379 g/mol. The van der Waals surface area contributed by atoms with Gasteiger partial charge in [0.15, 0.2) is 0 Å². The van der Waals surface area contributed by atoms with E-state index in [9.17, 15) is 0 Å². The zero-order chi connectivity index (χ0) is 17.8. The van der Waals surface area contributed by atoms with Crippen LogP contribution in [-0.4, -0.2) is 36.7 Å². The number of thioether (sulfide) groups is 1. The number of hydrogen-bond donors (Lipinski definition) is 0. The summed E-state index contributed by atoms with van der Waals surface area (Å²) in [5.74, 6) is 2.87. The quantitative estimate of drug-likeness (QED) is 0.782. The minimum Gasteiger partial charge on any atom is -0.493 e. The standard InChI is InChI=1S/C22H21NO3S/c1-2-6-18-16(5-1)22(21(23-18)27-12-15-4-3-8-24-15)13-26-20-11-19-14(7-9-25-19)10-17(20)22/h1-2,5-6,10-11,15H,3-4,7-9,12-13H2. The first-order chi connectivity index (χ1) is 13.3. The normalized spacial score (nSPS) is 27.1. The van der Waals surface area contributed by atoms with Crippen LogP contribution in [0.1, 0.15) is 29.5 Å². The second kappa shape index (κ2) is 6.01. The maximum absolute atomic E-state index is 6.21. The van der Waals surface area contributed by atoms with Crippen LogP contribution in [0.15, 0.2) is 41.4 Å². The van der Waals surface area contributed by atoms with Gasteiger partial charge in [-0.25, -0.2) is 4.99 Å². The lowest BCUT2D eigenvalue weighted by Gasteiger charge is -2.26. The maximum Gasteiger partial charge on any atom is 0.127 e. The van der Waals surface area contributed by atoms with Crippen molar-refractivity contribution in [2.24, 2.45) is 4.99 Å². The Hall–Kier alpha value is -1.98. The molecule has 0 saturated carbocycles. The fraction of sp³-hybridized carbons (Fsp3) is 0.409. The Balaban J connectivity index is 1.45. The van der Waals surface area contributed by atoms with Gasteiger partial charge in [0.25, 0.3) is 0 Å². The van der Waals surface area contributed by atoms with E-state index in [4.69, 9.17) is 19.2 Å². The van der Waals surface area contributed by atoms with Crippen LogP contribution in [0.3, 0.4) is 0 Å². The van der Waals surface area contributed by atoms with E-state index in [2.05, 4.69) is 36.4 Å². The summed E-state index contributed by atoms with van der Waals surface area (Å²) in [6.07, 6.45) is 3.63. The topological polar surface area (TPSA) is 40.0 Å². The van der Waals surface area contributed by atoms with Gasteiger partial charge in [-0.15, -0.1) is 11.8 Å². The third-order valence-electron chi connectivity index (χ3n) is 6.08. The summed E-state index contributed by atoms with van der Waals surface area (Å²) in [5, 5.41) is 1.15. The Morgan fingerprint density at radius 1 is 1.07 bits per heavy atom. The Labute approximate surface area is 162 Å². The van der Waals surface area contributed by atoms with E-state index in [-0.39, 0.29) is 5.41 Å². The first-order valence-electron chi connectivity index (χ1n) is 9.71. The SMILES string of the molecule is c1ccc2c(c1)N=C(SCC1CCCO1)C21COc2cc3c(cc21)CCO3. The van der Waals surface area contributed by atoms with Crippen molar-refractivity contribution in [3.8, 4) is 11.5 Å². The molecule has 138 valence electrons. The van der Waals surface area contributed by atoms with E-state index < -0.39 is 0 Å². The van der Waals surface area contributed by atoms with Crippen LogP contribution in [0.4, 0.5) is 5.69 Å². The van der Waals surface area contributed by atoms with E-state index >= 15 is 0 Å². The first kappa shape index (κ1) is 16.0. The van der Waals surface area contributed by atoms with Crippen molar-refractivity contribution < 1.29 is 14.2 Å². The van der Waals surface area contributed by atoms with Crippen molar-refractivity contribution >= 4 is 22.5 Å². The highest BCUT2D eigenvalue weighted by molar-refractivity contribution is 8.14. The number of benzene rings is 2. The van der Waals surface area contributed by atoms with Crippen molar-refractivity contribution in [1.29, 1.82) is 0 Å². The fourth-order valence-corrected chi connectivity index (χ4v) is 5.97. The molecular weight excluding hydrogens is 358 g/mol. The monoisotopic (exact) mass is 379 g/mol. The molecule has 4 aliphatic rings. The molecule has 0 aliphatic carbocycles. The molecule has 2 aromatic carbocycles. The highest BCUT2D eigenvalue weighted by atomic mass is 32.2. The second-order valence-corrected chi connectivity index (χ2v) is 8.64. The largest absolute Gasteiger partial charge is 0.493 e. The van der Waals surface area contributed by atoms with Gasteiger partial charge in [-0.3, -0.25) is 0 Å². The number of fused-ring (bicyclic) bond motifs is 5. The molecule has 4 nitrogen and oxygen atoms in total. The van der Waals surface area contributed by atoms with Gasteiger partial charge >= 0.3 is 0 Å². The summed E-state index contributed by atoms with van der Waals surface area (Å²) < 4.78 is 17.8. The number of ether oxygens (including phenoxy) is 3. The number of nitrogens with zero attached hydrogens (tertiary/aromatic N) is 1. The lowest BCUT2D eigenvalue weighted by atomic mass is 9.77. The predicted molar refractivity (Wildman–Crippen MR) is 107 cm³/mol. The molecule has 0 radical (unpaired) electrons. The molecule has 6 rings (SSSR count). The zero-order valence-corrected chi connectivity index (χ0v) is 15.9. The summed E-state index contributed by atoms with van der Waals surface area (Å²) in [7, 11) is 0. The molecule has 2 unspecified atom stereocenters. The van der Waals surface area contributed by atoms with Gasteiger partial charge in [-0.2, -0.15) is 0 Å². The van der Waals surface area contributed by atoms with Crippen LogP contribution >= 0.6 is 11.8 Å². The molecule has 4 aliphatic heterocycles. The molecule has 4 heterocycles. The molecule has 0 bridgehead atoms. The van der Waals surface area contributed by atoms with E-state index in [0.29, 0.717) is 12.7 Å². The second-order valence-electron chi connectivity index (χ2n) is 7.63. The summed E-state index contributed by atoms with van der Waals surface area (Å²) in [6.45, 7) is 2.26. The zero-order valence-electron chi connectivity index (χ0n) is 15.1. The molecule has 2 aromatic rings. The molecule has 0 N–H and O–H groups in total. The Morgan fingerprint density at radius 3 is 2.96 bits per heavy atom. The minimum atomic E-state index is -0.285. The average Bonchev–Trinajstić information content (AvgIpc) is 3.47. The van der Waals surface area contributed by atoms with Crippen LogP contribution in [0.25, 0.3) is 0 Å². The van der Waals surface area contributed by atoms with Crippen LogP contribution in [0.2, 0.25) is 0 Å². The van der Waals surface area contributed by atoms with Crippen molar-refractivity contribution in [2.45, 2.75) is 30.8 Å². The Bertz CT molecular complexity index is 951. The van der Waals surface area contributed by atoms with Gasteiger partial charge in [0, 0.05) is 30.4 Å². The van der Waals surface area contributed by atoms with Crippen molar-refractivity contribution in [3.05, 3.63) is 53.1 Å². The molecule has 0 amide bonds. The summed E-state index contributed by atoms with van der Waals surface area (Å²) in [6, 6.07) is 12.9. The number of para-hydroxylation sites is 1. The Morgan fingerprint density at radius 2 is 2.04 bits per heavy atom. The summed E-state index contributed by atoms with van der Waals surface area (Å²) in [4.78, 5) is 5.05. The summed E-state index contributed by atoms with van der Waals surface area (Å²) >= 11 is 1.84. The number of hydrogen-bond acceptors (Lipinski definition) is 5. The molecule has 1 fully saturated rings. The van der Waals surface area contributed by atoms with Gasteiger partial charge < -0.3 is 14.2 Å². The van der Waals surface area contributed by atoms with E-state index in [1.165, 1.54) is 23.1 Å². The molecule has 27 heavy (non-hydrogen) atoms. The Kier molecular flexibility index (Phi) is 3.57. The smallest absolute Gasteiger partial charge is 0.127 e.